The van der Waals surface area contributed by atoms with Gasteiger partial charge in [0.25, 0.3) is 0 Å². The maximum atomic E-state index is 13.1. The van der Waals surface area contributed by atoms with Crippen LogP contribution in [0, 0.1) is 5.92 Å². The summed E-state index contributed by atoms with van der Waals surface area (Å²) >= 11 is 0. The summed E-state index contributed by atoms with van der Waals surface area (Å²) in [4.78, 5) is 31.1. The third kappa shape index (κ3) is 6.80. The highest BCUT2D eigenvalue weighted by atomic mass is 16.5. The SMILES string of the molecule is CCOC(=O)CC(NC(=O)N1CCCC(Cc2ccc(C=NN)cc2)C1)c1cccnc1. The number of aromatic nitrogens is 1. The minimum Gasteiger partial charge on any atom is -0.466 e. The number of esters is 1. The van der Waals surface area contributed by atoms with Crippen LogP contribution in [0.3, 0.4) is 0 Å². The number of nitrogens with zero attached hydrogens (tertiary/aromatic N) is 3. The number of carbonyl (C=O) groups excluding carboxylic acids is 2. The monoisotopic (exact) mass is 437 g/mol. The third-order valence-electron chi connectivity index (χ3n) is 5.59. The van der Waals surface area contributed by atoms with Crippen LogP contribution in [0.1, 0.15) is 48.9 Å². The van der Waals surface area contributed by atoms with Crippen molar-refractivity contribution in [1.82, 2.24) is 15.2 Å². The number of nitrogens with one attached hydrogen (secondary N) is 1. The molecule has 0 saturated carbocycles. The molecule has 3 rings (SSSR count). The van der Waals surface area contributed by atoms with E-state index >= 15 is 0 Å². The van der Waals surface area contributed by atoms with Crippen molar-refractivity contribution < 1.29 is 14.3 Å². The van der Waals surface area contributed by atoms with E-state index in [2.05, 4.69) is 27.5 Å². The smallest absolute Gasteiger partial charge is 0.317 e. The van der Waals surface area contributed by atoms with E-state index < -0.39 is 6.04 Å². The van der Waals surface area contributed by atoms with Gasteiger partial charge in [-0.1, -0.05) is 30.3 Å². The zero-order valence-corrected chi connectivity index (χ0v) is 18.4. The molecule has 2 unspecified atom stereocenters. The van der Waals surface area contributed by atoms with E-state index in [0.29, 0.717) is 25.6 Å². The fraction of sp³-hybridized carbons (Fsp3) is 0.417. The van der Waals surface area contributed by atoms with Crippen LogP contribution in [0.15, 0.2) is 53.9 Å². The van der Waals surface area contributed by atoms with E-state index in [9.17, 15) is 9.59 Å². The maximum absolute atomic E-state index is 13.1. The molecule has 2 heterocycles. The first-order chi connectivity index (χ1) is 15.6. The van der Waals surface area contributed by atoms with Gasteiger partial charge in [0, 0.05) is 25.5 Å². The van der Waals surface area contributed by atoms with Gasteiger partial charge >= 0.3 is 12.0 Å². The van der Waals surface area contributed by atoms with Crippen molar-refractivity contribution in [3.63, 3.8) is 0 Å². The van der Waals surface area contributed by atoms with E-state index in [-0.39, 0.29) is 18.4 Å². The summed E-state index contributed by atoms with van der Waals surface area (Å²) in [7, 11) is 0. The Labute approximate surface area is 188 Å². The average Bonchev–Trinajstić information content (AvgIpc) is 2.81. The first-order valence-corrected chi connectivity index (χ1v) is 11.0. The summed E-state index contributed by atoms with van der Waals surface area (Å²) in [6, 6.07) is 11.1. The van der Waals surface area contributed by atoms with Crippen molar-refractivity contribution in [2.45, 2.75) is 38.6 Å². The summed E-state index contributed by atoms with van der Waals surface area (Å²) in [6.07, 6.45) is 7.95. The Morgan fingerprint density at radius 3 is 2.84 bits per heavy atom. The maximum Gasteiger partial charge on any atom is 0.317 e. The number of likely N-dealkylation sites (tertiary alicyclic amines) is 1. The molecule has 0 bridgehead atoms. The molecule has 3 N–H and O–H groups in total. The minimum atomic E-state index is -0.479. The van der Waals surface area contributed by atoms with Crippen LogP contribution in [-0.2, 0) is 16.0 Å². The zero-order chi connectivity index (χ0) is 22.8. The standard InChI is InChI=1S/C24H31N5O3/c1-2-32-23(30)14-22(21-6-3-11-26-16-21)28-24(31)29-12-4-5-20(17-29)13-18-7-9-19(10-8-18)15-27-25/h3,6-11,15-16,20,22H,2,4-5,12-14,17,25H2,1H3,(H,28,31). The molecule has 1 saturated heterocycles. The number of nitrogens with two attached hydrogens (primary N) is 1. The lowest BCUT2D eigenvalue weighted by atomic mass is 9.91. The molecule has 0 spiro atoms. The molecule has 170 valence electrons. The number of hydrogen-bond donors (Lipinski definition) is 2. The summed E-state index contributed by atoms with van der Waals surface area (Å²) in [5.41, 5.74) is 2.97. The molecular weight excluding hydrogens is 406 g/mol. The third-order valence-corrected chi connectivity index (χ3v) is 5.59. The van der Waals surface area contributed by atoms with Gasteiger partial charge in [0.2, 0.25) is 0 Å². The number of ether oxygens (including phenoxy) is 1. The van der Waals surface area contributed by atoms with Crippen LogP contribution in [0.5, 0.6) is 0 Å². The Morgan fingerprint density at radius 2 is 2.16 bits per heavy atom. The van der Waals surface area contributed by atoms with E-state index in [1.54, 1.807) is 31.6 Å². The zero-order valence-electron chi connectivity index (χ0n) is 18.4. The molecule has 2 atom stereocenters. The Hall–Kier alpha value is -3.42. The van der Waals surface area contributed by atoms with Gasteiger partial charge in [-0.05, 0) is 54.9 Å². The number of hydrogen-bond acceptors (Lipinski definition) is 6. The predicted octanol–water partition coefficient (Wildman–Crippen LogP) is 3.03. The molecule has 0 aliphatic carbocycles. The molecule has 8 nitrogen and oxygen atoms in total. The van der Waals surface area contributed by atoms with Gasteiger partial charge in [-0.25, -0.2) is 4.79 Å². The molecule has 0 radical (unpaired) electrons. The molecule has 1 aliphatic heterocycles. The van der Waals surface area contributed by atoms with Crippen molar-refractivity contribution in [3.05, 3.63) is 65.5 Å². The van der Waals surface area contributed by atoms with E-state index in [0.717, 1.165) is 30.4 Å². The number of piperidine rings is 1. The fourth-order valence-corrected chi connectivity index (χ4v) is 4.04. The van der Waals surface area contributed by atoms with E-state index in [1.165, 1.54) is 5.56 Å². The lowest BCUT2D eigenvalue weighted by molar-refractivity contribution is -0.143. The Kier molecular flexibility index (Phi) is 8.60. The Morgan fingerprint density at radius 1 is 1.34 bits per heavy atom. The summed E-state index contributed by atoms with van der Waals surface area (Å²) in [5.74, 6) is 5.24. The van der Waals surface area contributed by atoms with Crippen LogP contribution >= 0.6 is 0 Å². The highest BCUT2D eigenvalue weighted by Crippen LogP contribution is 2.23. The van der Waals surface area contributed by atoms with Crippen LogP contribution in [0.25, 0.3) is 0 Å². The molecule has 1 aromatic carbocycles. The van der Waals surface area contributed by atoms with Crippen LogP contribution in [-0.4, -0.2) is 47.8 Å². The summed E-state index contributed by atoms with van der Waals surface area (Å²) in [5, 5.41) is 6.56. The number of carbonyl (C=O) groups is 2. The largest absolute Gasteiger partial charge is 0.466 e. The molecule has 1 fully saturated rings. The molecule has 8 heteroatoms. The quantitative estimate of drug-likeness (QED) is 0.285. The second-order valence-electron chi connectivity index (χ2n) is 7.98. The highest BCUT2D eigenvalue weighted by Gasteiger charge is 2.27. The second kappa shape index (κ2) is 11.8. The van der Waals surface area contributed by atoms with Crippen LogP contribution < -0.4 is 11.2 Å². The summed E-state index contributed by atoms with van der Waals surface area (Å²) < 4.78 is 5.09. The van der Waals surface area contributed by atoms with Gasteiger partial charge in [0.05, 0.1) is 25.3 Å². The molecule has 1 aliphatic rings. The molecule has 2 aromatic rings. The van der Waals surface area contributed by atoms with Crippen LogP contribution in [0.2, 0.25) is 0 Å². The topological polar surface area (TPSA) is 110 Å². The number of benzene rings is 1. The van der Waals surface area contributed by atoms with E-state index in [4.69, 9.17) is 10.6 Å². The normalized spacial score (nSPS) is 17.2. The average molecular weight is 438 g/mol. The number of pyridine rings is 1. The molecular formula is C24H31N5O3. The number of urea groups is 1. The second-order valence-corrected chi connectivity index (χ2v) is 7.98. The van der Waals surface area contributed by atoms with Crippen molar-refractivity contribution in [1.29, 1.82) is 0 Å². The van der Waals surface area contributed by atoms with Gasteiger partial charge in [-0.3, -0.25) is 9.78 Å². The number of amides is 2. The fourth-order valence-electron chi connectivity index (χ4n) is 4.04. The first kappa shape index (κ1) is 23.2. The first-order valence-electron chi connectivity index (χ1n) is 11.0. The highest BCUT2D eigenvalue weighted by molar-refractivity contribution is 5.79. The molecule has 1 aromatic heterocycles. The predicted molar refractivity (Wildman–Crippen MR) is 123 cm³/mol. The van der Waals surface area contributed by atoms with Crippen molar-refractivity contribution in [2.75, 3.05) is 19.7 Å². The van der Waals surface area contributed by atoms with Gasteiger partial charge in [0.1, 0.15) is 0 Å². The van der Waals surface area contributed by atoms with Crippen LogP contribution in [0.4, 0.5) is 4.79 Å². The minimum absolute atomic E-state index is 0.0704. The van der Waals surface area contributed by atoms with Crippen molar-refractivity contribution >= 4 is 18.2 Å². The van der Waals surface area contributed by atoms with Crippen molar-refractivity contribution in [2.24, 2.45) is 16.9 Å². The van der Waals surface area contributed by atoms with Gasteiger partial charge < -0.3 is 20.8 Å². The molecule has 2 amide bonds. The number of rotatable bonds is 8. The van der Waals surface area contributed by atoms with Gasteiger partial charge in [-0.2, -0.15) is 5.10 Å². The van der Waals surface area contributed by atoms with Crippen molar-refractivity contribution in [3.8, 4) is 0 Å². The Bertz CT molecular complexity index is 902. The molecule has 32 heavy (non-hydrogen) atoms. The van der Waals surface area contributed by atoms with Gasteiger partial charge in [0.15, 0.2) is 0 Å². The lowest BCUT2D eigenvalue weighted by Gasteiger charge is -2.34. The number of hydrazone groups is 1. The summed E-state index contributed by atoms with van der Waals surface area (Å²) in [6.45, 7) is 3.45. The van der Waals surface area contributed by atoms with E-state index in [1.807, 2.05) is 23.1 Å². The lowest BCUT2D eigenvalue weighted by Crippen LogP contribution is -2.47. The van der Waals surface area contributed by atoms with Gasteiger partial charge in [-0.15, -0.1) is 0 Å². The Balaban J connectivity index is 1.61.